The molecule has 0 aliphatic heterocycles. The second-order valence-electron chi connectivity index (χ2n) is 3.54. The molecule has 3 heteroatoms. The number of aliphatic hydroxyl groups is 1. The summed E-state index contributed by atoms with van der Waals surface area (Å²) >= 11 is 0. The van der Waals surface area contributed by atoms with Crippen LogP contribution in [0.1, 0.15) is 24.0 Å². The van der Waals surface area contributed by atoms with Crippen molar-refractivity contribution in [1.82, 2.24) is 0 Å². The lowest BCUT2D eigenvalue weighted by Gasteiger charge is -2.08. The molecule has 0 spiro atoms. The van der Waals surface area contributed by atoms with Crippen molar-refractivity contribution in [3.63, 3.8) is 0 Å². The van der Waals surface area contributed by atoms with Gasteiger partial charge in [-0.2, -0.15) is 0 Å². The predicted octanol–water partition coefficient (Wildman–Crippen LogP) is 1.06. The van der Waals surface area contributed by atoms with Gasteiger partial charge in [-0.3, -0.25) is 4.84 Å². The van der Waals surface area contributed by atoms with Crippen LogP contribution in [0.5, 0.6) is 0 Å². The highest BCUT2D eigenvalue weighted by Gasteiger charge is 2.41. The van der Waals surface area contributed by atoms with Gasteiger partial charge < -0.3 is 5.11 Å². The van der Waals surface area contributed by atoms with Crippen molar-refractivity contribution in [2.75, 3.05) is 0 Å². The molecule has 0 bridgehead atoms. The van der Waals surface area contributed by atoms with Gasteiger partial charge in [-0.15, -0.1) is 0 Å². The van der Waals surface area contributed by atoms with Crippen molar-refractivity contribution in [2.24, 2.45) is 5.90 Å². The van der Waals surface area contributed by atoms with Crippen LogP contribution < -0.4 is 5.90 Å². The maximum Gasteiger partial charge on any atom is 0.0930 e. The first-order valence-corrected chi connectivity index (χ1v) is 4.38. The highest BCUT2D eigenvalue weighted by atomic mass is 16.6. The van der Waals surface area contributed by atoms with Gasteiger partial charge in [0.1, 0.15) is 0 Å². The zero-order chi connectivity index (χ0) is 9.31. The largest absolute Gasteiger partial charge is 0.385 e. The third-order valence-electron chi connectivity index (χ3n) is 2.46. The van der Waals surface area contributed by atoms with E-state index in [-0.39, 0.29) is 0 Å². The van der Waals surface area contributed by atoms with Gasteiger partial charge in [0.25, 0.3) is 0 Å². The Morgan fingerprint density at radius 1 is 1.31 bits per heavy atom. The van der Waals surface area contributed by atoms with Crippen LogP contribution in [0.3, 0.4) is 0 Å². The van der Waals surface area contributed by atoms with Gasteiger partial charge in [-0.05, 0) is 24.0 Å². The second-order valence-corrected chi connectivity index (χ2v) is 3.54. The van der Waals surface area contributed by atoms with Gasteiger partial charge in [-0.25, -0.2) is 5.90 Å². The molecule has 0 heterocycles. The van der Waals surface area contributed by atoms with E-state index < -0.39 is 5.60 Å². The topological polar surface area (TPSA) is 55.5 Å². The standard InChI is InChI=1S/C10H13NO2/c11-13-7-8-1-3-9(4-2-8)10(12)5-6-10/h1-4,12H,5-7,11H2. The van der Waals surface area contributed by atoms with Gasteiger partial charge in [-0.1, -0.05) is 24.3 Å². The van der Waals surface area contributed by atoms with Crippen LogP contribution in [0, 0.1) is 0 Å². The highest BCUT2D eigenvalue weighted by Crippen LogP contribution is 2.45. The van der Waals surface area contributed by atoms with Crippen LogP contribution in [0.15, 0.2) is 24.3 Å². The van der Waals surface area contributed by atoms with E-state index in [2.05, 4.69) is 4.84 Å². The van der Waals surface area contributed by atoms with Crippen molar-refractivity contribution < 1.29 is 9.94 Å². The van der Waals surface area contributed by atoms with E-state index in [4.69, 9.17) is 5.90 Å². The predicted molar refractivity (Wildman–Crippen MR) is 48.5 cm³/mol. The molecule has 1 aliphatic carbocycles. The van der Waals surface area contributed by atoms with Crippen LogP contribution in [0.25, 0.3) is 0 Å². The molecule has 1 fully saturated rings. The SMILES string of the molecule is NOCc1ccc(C2(O)CC2)cc1. The minimum atomic E-state index is -0.540. The number of nitrogens with two attached hydrogens (primary N) is 1. The Morgan fingerprint density at radius 2 is 1.92 bits per heavy atom. The molecule has 0 saturated heterocycles. The van der Waals surface area contributed by atoms with Gasteiger partial charge in [0.05, 0.1) is 12.2 Å². The van der Waals surface area contributed by atoms with Gasteiger partial charge in [0, 0.05) is 0 Å². The summed E-state index contributed by atoms with van der Waals surface area (Å²) in [6, 6.07) is 7.72. The molecule has 0 atom stereocenters. The first-order valence-electron chi connectivity index (χ1n) is 4.38. The Balaban J connectivity index is 2.14. The first-order chi connectivity index (χ1) is 6.24. The molecule has 3 nitrogen and oxygen atoms in total. The minimum absolute atomic E-state index is 0.415. The van der Waals surface area contributed by atoms with E-state index in [0.717, 1.165) is 24.0 Å². The second kappa shape index (κ2) is 3.10. The Morgan fingerprint density at radius 3 is 2.38 bits per heavy atom. The third-order valence-corrected chi connectivity index (χ3v) is 2.46. The summed E-state index contributed by atoms with van der Waals surface area (Å²) < 4.78 is 0. The van der Waals surface area contributed by atoms with Gasteiger partial charge in [0.15, 0.2) is 0 Å². The maximum atomic E-state index is 9.76. The number of rotatable bonds is 3. The highest BCUT2D eigenvalue weighted by molar-refractivity contribution is 5.30. The van der Waals surface area contributed by atoms with Crippen molar-refractivity contribution in [3.05, 3.63) is 35.4 Å². The summed E-state index contributed by atoms with van der Waals surface area (Å²) in [7, 11) is 0. The van der Waals surface area contributed by atoms with Crippen LogP contribution in [0.4, 0.5) is 0 Å². The van der Waals surface area contributed by atoms with Crippen molar-refractivity contribution in [1.29, 1.82) is 0 Å². The monoisotopic (exact) mass is 179 g/mol. The molecule has 1 aromatic rings. The Hall–Kier alpha value is -0.900. The molecular weight excluding hydrogens is 166 g/mol. The summed E-state index contributed by atoms with van der Waals surface area (Å²) in [5.74, 6) is 4.95. The average molecular weight is 179 g/mol. The van der Waals surface area contributed by atoms with Crippen LogP contribution >= 0.6 is 0 Å². The van der Waals surface area contributed by atoms with Crippen molar-refractivity contribution in [3.8, 4) is 0 Å². The zero-order valence-corrected chi connectivity index (χ0v) is 7.36. The number of hydrogen-bond donors (Lipinski definition) is 2. The molecule has 3 N–H and O–H groups in total. The van der Waals surface area contributed by atoms with E-state index in [1.165, 1.54) is 0 Å². The molecule has 1 aliphatic rings. The molecule has 1 aromatic carbocycles. The smallest absolute Gasteiger partial charge is 0.0930 e. The summed E-state index contributed by atoms with van der Waals surface area (Å²) in [5, 5.41) is 9.76. The minimum Gasteiger partial charge on any atom is -0.385 e. The Labute approximate surface area is 77.1 Å². The van der Waals surface area contributed by atoms with E-state index in [1.807, 2.05) is 24.3 Å². The maximum absolute atomic E-state index is 9.76. The fourth-order valence-corrected chi connectivity index (χ4v) is 1.41. The summed E-state index contributed by atoms with van der Waals surface area (Å²) in [4.78, 5) is 4.51. The molecule has 13 heavy (non-hydrogen) atoms. The van der Waals surface area contributed by atoms with Crippen LogP contribution in [-0.4, -0.2) is 5.11 Å². The van der Waals surface area contributed by atoms with Crippen molar-refractivity contribution >= 4 is 0 Å². The Kier molecular flexibility index (Phi) is 2.07. The average Bonchev–Trinajstić information content (AvgIpc) is 2.87. The third kappa shape index (κ3) is 1.72. The van der Waals surface area contributed by atoms with Crippen LogP contribution in [0.2, 0.25) is 0 Å². The summed E-state index contributed by atoms with van der Waals surface area (Å²) in [6.07, 6.45) is 1.75. The lowest BCUT2D eigenvalue weighted by atomic mass is 10.1. The molecular formula is C10H13NO2. The fourth-order valence-electron chi connectivity index (χ4n) is 1.41. The van der Waals surface area contributed by atoms with Crippen LogP contribution in [-0.2, 0) is 17.0 Å². The molecule has 1 saturated carbocycles. The van der Waals surface area contributed by atoms with Gasteiger partial charge >= 0.3 is 0 Å². The molecule has 0 amide bonds. The molecule has 70 valence electrons. The van der Waals surface area contributed by atoms with E-state index in [1.54, 1.807) is 0 Å². The number of benzene rings is 1. The zero-order valence-electron chi connectivity index (χ0n) is 7.36. The summed E-state index contributed by atoms with van der Waals surface area (Å²) in [5.41, 5.74) is 1.48. The molecule has 2 rings (SSSR count). The molecule has 0 unspecified atom stereocenters. The first kappa shape index (κ1) is 8.69. The number of hydrogen-bond acceptors (Lipinski definition) is 3. The van der Waals surface area contributed by atoms with E-state index in [9.17, 15) is 5.11 Å². The fraction of sp³-hybridized carbons (Fsp3) is 0.400. The van der Waals surface area contributed by atoms with E-state index >= 15 is 0 Å². The normalized spacial score (nSPS) is 18.6. The lowest BCUT2D eigenvalue weighted by Crippen LogP contribution is -2.04. The molecule has 0 aromatic heterocycles. The van der Waals surface area contributed by atoms with E-state index in [0.29, 0.717) is 6.61 Å². The van der Waals surface area contributed by atoms with Crippen molar-refractivity contribution in [2.45, 2.75) is 25.0 Å². The quantitative estimate of drug-likeness (QED) is 0.682. The van der Waals surface area contributed by atoms with Gasteiger partial charge in [0.2, 0.25) is 0 Å². The molecule has 0 radical (unpaired) electrons. The Bertz CT molecular complexity index is 290. The lowest BCUT2D eigenvalue weighted by molar-refractivity contribution is 0.124. The summed E-state index contributed by atoms with van der Waals surface area (Å²) in [6.45, 7) is 0.415.